The van der Waals surface area contributed by atoms with E-state index in [-0.39, 0.29) is 0 Å². The molecule has 1 aromatic rings. The molecule has 4 heteroatoms. The predicted octanol–water partition coefficient (Wildman–Crippen LogP) is 2.73. The van der Waals surface area contributed by atoms with E-state index in [0.29, 0.717) is 6.04 Å². The van der Waals surface area contributed by atoms with Crippen LogP contribution in [0.25, 0.3) is 0 Å². The number of hydrogen-bond donors (Lipinski definition) is 1. The Bertz CT molecular complexity index is 535. The van der Waals surface area contributed by atoms with Gasteiger partial charge in [0.15, 0.2) is 0 Å². The van der Waals surface area contributed by atoms with E-state index < -0.39 is 0 Å². The minimum Gasteiger partial charge on any atom is -0.497 e. The Morgan fingerprint density at radius 3 is 2.36 bits per heavy atom. The molecule has 0 spiro atoms. The molecule has 138 valence electrons. The van der Waals surface area contributed by atoms with Crippen LogP contribution in [0.3, 0.4) is 0 Å². The molecule has 0 bridgehead atoms. The minimum absolute atomic E-state index is 0.714. The van der Waals surface area contributed by atoms with Crippen molar-refractivity contribution in [1.82, 2.24) is 15.1 Å². The second-order valence-electron chi connectivity index (χ2n) is 8.19. The second kappa shape index (κ2) is 8.07. The third-order valence-electron chi connectivity index (χ3n) is 6.25. The largest absolute Gasteiger partial charge is 0.497 e. The molecule has 2 heterocycles. The lowest BCUT2D eigenvalue weighted by atomic mass is 9.99. The van der Waals surface area contributed by atoms with Gasteiger partial charge in [0.2, 0.25) is 0 Å². The minimum atomic E-state index is 0.714. The van der Waals surface area contributed by atoms with Crippen molar-refractivity contribution < 1.29 is 4.74 Å². The molecule has 0 amide bonds. The van der Waals surface area contributed by atoms with Crippen molar-refractivity contribution in [3.05, 3.63) is 29.8 Å². The maximum absolute atomic E-state index is 5.25. The standard InChI is InChI=1S/C21H33N3O/c1-25-21-6-4-18(5-7-21)16-24-13-10-20(24)14-22-19-8-11-23(12-9-19)15-17-2-3-17/h4-7,17,19-20,22H,2-3,8-16H2,1H3. The lowest BCUT2D eigenvalue weighted by Gasteiger charge is -2.42. The molecule has 1 N–H and O–H groups in total. The van der Waals surface area contributed by atoms with Gasteiger partial charge < -0.3 is 15.0 Å². The summed E-state index contributed by atoms with van der Waals surface area (Å²) in [5.74, 6) is 1.98. The van der Waals surface area contributed by atoms with Gasteiger partial charge in [-0.3, -0.25) is 4.90 Å². The smallest absolute Gasteiger partial charge is 0.118 e. The highest BCUT2D eigenvalue weighted by Crippen LogP contribution is 2.30. The topological polar surface area (TPSA) is 27.7 Å². The Morgan fingerprint density at radius 1 is 1.00 bits per heavy atom. The highest BCUT2D eigenvalue weighted by Gasteiger charge is 2.30. The van der Waals surface area contributed by atoms with Gasteiger partial charge in [0.1, 0.15) is 5.75 Å². The molecule has 4 rings (SSSR count). The highest BCUT2D eigenvalue weighted by atomic mass is 16.5. The number of rotatable bonds is 8. The van der Waals surface area contributed by atoms with Crippen molar-refractivity contribution >= 4 is 0 Å². The molecule has 2 aliphatic heterocycles. The van der Waals surface area contributed by atoms with Gasteiger partial charge in [-0.15, -0.1) is 0 Å². The summed E-state index contributed by atoms with van der Waals surface area (Å²) in [4.78, 5) is 5.30. The van der Waals surface area contributed by atoms with Crippen molar-refractivity contribution in [2.24, 2.45) is 5.92 Å². The molecule has 2 saturated heterocycles. The number of ether oxygens (including phenoxy) is 1. The molecule has 0 radical (unpaired) electrons. The Kier molecular flexibility index (Phi) is 5.59. The first kappa shape index (κ1) is 17.3. The second-order valence-corrected chi connectivity index (χ2v) is 8.19. The van der Waals surface area contributed by atoms with Crippen LogP contribution in [0.15, 0.2) is 24.3 Å². The molecule has 1 unspecified atom stereocenters. The summed E-state index contributed by atoms with van der Waals surface area (Å²) < 4.78 is 5.25. The van der Waals surface area contributed by atoms with Gasteiger partial charge in [-0.25, -0.2) is 0 Å². The lowest BCUT2D eigenvalue weighted by Crippen LogP contribution is -2.54. The number of hydrogen-bond acceptors (Lipinski definition) is 4. The Labute approximate surface area is 152 Å². The Morgan fingerprint density at radius 2 is 1.76 bits per heavy atom. The predicted molar refractivity (Wildman–Crippen MR) is 102 cm³/mol. The Hall–Kier alpha value is -1.10. The zero-order valence-electron chi connectivity index (χ0n) is 15.6. The van der Waals surface area contributed by atoms with E-state index in [1.807, 2.05) is 0 Å². The quantitative estimate of drug-likeness (QED) is 0.785. The molecule has 1 aromatic carbocycles. The molecule has 1 aliphatic carbocycles. The van der Waals surface area contributed by atoms with Crippen LogP contribution in [0.1, 0.15) is 37.7 Å². The third kappa shape index (κ3) is 4.75. The molecule has 1 atom stereocenters. The van der Waals surface area contributed by atoms with Crippen LogP contribution in [0, 0.1) is 5.92 Å². The number of likely N-dealkylation sites (tertiary alicyclic amines) is 2. The number of benzene rings is 1. The summed E-state index contributed by atoms with van der Waals surface area (Å²) in [6.07, 6.45) is 6.95. The first-order valence-electron chi connectivity index (χ1n) is 10.1. The molecule has 3 fully saturated rings. The van der Waals surface area contributed by atoms with Gasteiger partial charge >= 0.3 is 0 Å². The fourth-order valence-corrected chi connectivity index (χ4v) is 4.19. The maximum Gasteiger partial charge on any atom is 0.118 e. The zero-order chi connectivity index (χ0) is 17.1. The summed E-state index contributed by atoms with van der Waals surface area (Å²) in [5.41, 5.74) is 1.39. The van der Waals surface area contributed by atoms with Crippen LogP contribution < -0.4 is 10.1 Å². The summed E-state index contributed by atoms with van der Waals surface area (Å²) >= 11 is 0. The highest BCUT2D eigenvalue weighted by molar-refractivity contribution is 5.27. The van der Waals surface area contributed by atoms with E-state index in [2.05, 4.69) is 39.4 Å². The molecular formula is C21H33N3O. The van der Waals surface area contributed by atoms with Crippen LogP contribution in [0.5, 0.6) is 5.75 Å². The van der Waals surface area contributed by atoms with Crippen molar-refractivity contribution in [3.63, 3.8) is 0 Å². The number of nitrogens with one attached hydrogen (secondary N) is 1. The molecule has 3 aliphatic rings. The van der Waals surface area contributed by atoms with E-state index >= 15 is 0 Å². The van der Waals surface area contributed by atoms with Crippen LogP contribution in [-0.4, -0.2) is 61.7 Å². The number of methoxy groups -OCH3 is 1. The maximum atomic E-state index is 5.25. The van der Waals surface area contributed by atoms with Crippen molar-refractivity contribution in [1.29, 1.82) is 0 Å². The van der Waals surface area contributed by atoms with Crippen LogP contribution >= 0.6 is 0 Å². The van der Waals surface area contributed by atoms with E-state index in [4.69, 9.17) is 4.74 Å². The van der Waals surface area contributed by atoms with Gasteiger partial charge in [-0.1, -0.05) is 12.1 Å². The van der Waals surface area contributed by atoms with E-state index in [1.165, 1.54) is 63.8 Å². The average molecular weight is 344 g/mol. The summed E-state index contributed by atoms with van der Waals surface area (Å²) in [5, 5.41) is 3.86. The first-order valence-corrected chi connectivity index (χ1v) is 10.1. The van der Waals surface area contributed by atoms with Gasteiger partial charge in [0.05, 0.1) is 7.11 Å². The van der Waals surface area contributed by atoms with E-state index in [0.717, 1.165) is 30.8 Å². The van der Waals surface area contributed by atoms with Gasteiger partial charge in [0.25, 0.3) is 0 Å². The van der Waals surface area contributed by atoms with E-state index in [9.17, 15) is 0 Å². The van der Waals surface area contributed by atoms with Crippen LogP contribution in [-0.2, 0) is 6.54 Å². The summed E-state index contributed by atoms with van der Waals surface area (Å²) in [6.45, 7) is 7.42. The van der Waals surface area contributed by atoms with Crippen molar-refractivity contribution in [3.8, 4) is 5.75 Å². The third-order valence-corrected chi connectivity index (χ3v) is 6.25. The summed E-state index contributed by atoms with van der Waals surface area (Å²) in [7, 11) is 1.72. The SMILES string of the molecule is COc1ccc(CN2CCC2CNC2CCN(CC3CC3)CC2)cc1. The fraction of sp³-hybridized carbons (Fsp3) is 0.714. The van der Waals surface area contributed by atoms with Gasteiger partial charge in [-0.05, 0) is 68.8 Å². The molecular weight excluding hydrogens is 310 g/mol. The van der Waals surface area contributed by atoms with Gasteiger partial charge in [0, 0.05) is 38.3 Å². The average Bonchev–Trinajstić information content (AvgIpc) is 3.45. The normalized spacial score (nSPS) is 25.7. The van der Waals surface area contributed by atoms with Crippen LogP contribution in [0.4, 0.5) is 0 Å². The summed E-state index contributed by atoms with van der Waals surface area (Å²) in [6, 6.07) is 9.97. The van der Waals surface area contributed by atoms with Crippen LogP contribution in [0.2, 0.25) is 0 Å². The molecule has 1 saturated carbocycles. The lowest BCUT2D eigenvalue weighted by molar-refractivity contribution is 0.0755. The van der Waals surface area contributed by atoms with Gasteiger partial charge in [-0.2, -0.15) is 0 Å². The monoisotopic (exact) mass is 343 g/mol. The Balaban J connectivity index is 1.16. The van der Waals surface area contributed by atoms with E-state index in [1.54, 1.807) is 7.11 Å². The zero-order valence-corrected chi connectivity index (χ0v) is 15.6. The first-order chi connectivity index (χ1) is 12.3. The van der Waals surface area contributed by atoms with Crippen molar-refractivity contribution in [2.75, 3.05) is 39.8 Å². The fourth-order valence-electron chi connectivity index (χ4n) is 4.19. The molecule has 0 aromatic heterocycles. The van der Waals surface area contributed by atoms with Crippen molar-refractivity contribution in [2.45, 2.75) is 50.7 Å². The molecule has 4 nitrogen and oxygen atoms in total. The number of nitrogens with zero attached hydrogens (tertiary/aromatic N) is 2. The molecule has 25 heavy (non-hydrogen) atoms. The number of piperidine rings is 1.